The van der Waals surface area contributed by atoms with Crippen LogP contribution in [0.25, 0.3) is 0 Å². The van der Waals surface area contributed by atoms with Crippen LogP contribution in [-0.2, 0) is 4.79 Å². The van der Waals surface area contributed by atoms with Crippen molar-refractivity contribution in [2.24, 2.45) is 5.14 Å². The maximum absolute atomic E-state index is 12.3. The Bertz CT molecular complexity index is 809. The van der Waals surface area contributed by atoms with Gasteiger partial charge in [-0.15, -0.1) is 10.7 Å². The predicted octanol–water partition coefficient (Wildman–Crippen LogP) is 5.32. The summed E-state index contributed by atoms with van der Waals surface area (Å²) in [7, 11) is -0.643. The number of allylic oxidation sites excluding steroid dienone is 1. The molecule has 166 valence electrons. The highest BCUT2D eigenvalue weighted by molar-refractivity contribution is 8.14. The molecule has 6 heteroatoms. The second-order valence-corrected chi connectivity index (χ2v) is 9.92. The molecular formula is C24H36N2O3S. The number of ether oxygens (including phenoxy) is 1. The Morgan fingerprint density at radius 2 is 1.83 bits per heavy atom. The summed E-state index contributed by atoms with van der Waals surface area (Å²) in [5, 5.41) is 18.5. The fourth-order valence-corrected chi connectivity index (χ4v) is 4.77. The molecule has 0 heterocycles. The molecule has 0 fully saturated rings. The smallest absolute Gasteiger partial charge is 0.333 e. The first kappa shape index (κ1) is 24.2. The Kier molecular flexibility index (Phi) is 9.18. The van der Waals surface area contributed by atoms with Gasteiger partial charge in [0, 0.05) is 25.6 Å². The lowest BCUT2D eigenvalue weighted by atomic mass is 9.90. The van der Waals surface area contributed by atoms with Crippen LogP contribution in [0.4, 0.5) is 0 Å². The van der Waals surface area contributed by atoms with Crippen LogP contribution in [0.1, 0.15) is 59.8 Å². The Hall–Kier alpha value is -2.05. The maximum Gasteiger partial charge on any atom is 0.333 e. The Balaban J connectivity index is 2.58. The van der Waals surface area contributed by atoms with E-state index in [1.54, 1.807) is 0 Å². The molecule has 1 aromatic rings. The highest BCUT2D eigenvalue weighted by atomic mass is 32.2. The van der Waals surface area contributed by atoms with E-state index >= 15 is 0 Å². The third kappa shape index (κ3) is 5.76. The highest BCUT2D eigenvalue weighted by Crippen LogP contribution is 2.45. The van der Waals surface area contributed by atoms with Crippen molar-refractivity contribution in [1.29, 1.82) is 0 Å². The molecule has 0 aromatic heterocycles. The number of aliphatic carboxylic acids is 1. The number of carboxylic acid groups (broad SMARTS) is 1. The second-order valence-electron chi connectivity index (χ2n) is 7.80. The SMILES string of the molecule is C/C=S(\N)C1(C)CC(C(=O)O)=C(N(CCCC)CCCC)C=C1Oc1ccccc1. The molecule has 0 spiro atoms. The van der Waals surface area contributed by atoms with Gasteiger partial charge in [-0.05, 0) is 44.2 Å². The summed E-state index contributed by atoms with van der Waals surface area (Å²) in [5.41, 5.74) is 1.19. The van der Waals surface area contributed by atoms with Gasteiger partial charge in [0.25, 0.3) is 0 Å². The van der Waals surface area contributed by atoms with Crippen molar-refractivity contribution in [3.8, 4) is 5.75 Å². The molecule has 0 aliphatic heterocycles. The minimum Gasteiger partial charge on any atom is -0.478 e. The molecule has 5 nitrogen and oxygen atoms in total. The van der Waals surface area contributed by atoms with Gasteiger partial charge < -0.3 is 14.7 Å². The van der Waals surface area contributed by atoms with E-state index in [-0.39, 0.29) is 0 Å². The summed E-state index contributed by atoms with van der Waals surface area (Å²) < 4.78 is 5.72. The van der Waals surface area contributed by atoms with Crippen molar-refractivity contribution >= 4 is 22.0 Å². The molecule has 30 heavy (non-hydrogen) atoms. The number of nitrogens with two attached hydrogens (primary N) is 1. The van der Waals surface area contributed by atoms with Gasteiger partial charge in [-0.3, -0.25) is 5.14 Å². The second kappa shape index (κ2) is 11.4. The van der Waals surface area contributed by atoms with Crippen LogP contribution in [0.2, 0.25) is 0 Å². The molecule has 0 saturated carbocycles. The minimum atomic E-state index is -0.877. The van der Waals surface area contributed by atoms with Crippen molar-refractivity contribution in [3.63, 3.8) is 0 Å². The number of unbranched alkanes of at least 4 members (excludes halogenated alkanes) is 2. The molecule has 0 saturated heterocycles. The van der Waals surface area contributed by atoms with Crippen LogP contribution in [0, 0.1) is 0 Å². The average molecular weight is 433 g/mol. The van der Waals surface area contributed by atoms with E-state index in [1.807, 2.05) is 55.6 Å². The topological polar surface area (TPSA) is 75.8 Å². The number of carboxylic acids is 1. The number of benzene rings is 1. The fourth-order valence-electron chi connectivity index (χ4n) is 3.61. The standard InChI is InChI=1S/C24H36N2O3S/c1-5-8-15-26(16-9-6-2)21-17-22(29-19-13-11-10-12-14-19)24(4,30(25)7-3)18-20(21)23(27)28/h7,10-14,17H,5-6,8-9,15-16,18,25H2,1-4H3,(H,27,28). The zero-order chi connectivity index (χ0) is 22.1. The van der Waals surface area contributed by atoms with Gasteiger partial charge in [-0.1, -0.05) is 44.9 Å². The van der Waals surface area contributed by atoms with Crippen molar-refractivity contribution in [2.75, 3.05) is 13.1 Å². The number of rotatable bonds is 11. The average Bonchev–Trinajstić information content (AvgIpc) is 2.75. The molecule has 1 aromatic carbocycles. The first-order valence-corrected chi connectivity index (χ1v) is 12.2. The molecule has 1 aliphatic carbocycles. The van der Waals surface area contributed by atoms with Crippen molar-refractivity contribution < 1.29 is 14.6 Å². The third-order valence-electron chi connectivity index (χ3n) is 5.52. The van der Waals surface area contributed by atoms with Crippen molar-refractivity contribution in [1.82, 2.24) is 4.90 Å². The molecule has 0 amide bonds. The van der Waals surface area contributed by atoms with Gasteiger partial charge in [0.2, 0.25) is 0 Å². The molecule has 3 N–H and O–H groups in total. The number of para-hydroxylation sites is 1. The number of hydrogen-bond acceptors (Lipinski definition) is 4. The Labute approximate surface area is 183 Å². The summed E-state index contributed by atoms with van der Waals surface area (Å²) in [6.45, 7) is 9.90. The molecule has 2 unspecified atom stereocenters. The predicted molar refractivity (Wildman–Crippen MR) is 128 cm³/mol. The van der Waals surface area contributed by atoms with Crippen LogP contribution in [0.3, 0.4) is 0 Å². The monoisotopic (exact) mass is 432 g/mol. The number of carbonyl (C=O) groups is 1. The van der Waals surface area contributed by atoms with Crippen molar-refractivity contribution in [2.45, 2.75) is 64.5 Å². The van der Waals surface area contributed by atoms with E-state index in [2.05, 4.69) is 18.7 Å². The van der Waals surface area contributed by atoms with Gasteiger partial charge in [-0.2, -0.15) is 0 Å². The molecule has 1 aliphatic rings. The lowest BCUT2D eigenvalue weighted by Crippen LogP contribution is -2.39. The van der Waals surface area contributed by atoms with Crippen LogP contribution in [-0.4, -0.2) is 39.2 Å². The molecule has 0 bridgehead atoms. The normalized spacial score (nSPS) is 20.1. The van der Waals surface area contributed by atoms with Crippen LogP contribution in [0.5, 0.6) is 5.75 Å². The van der Waals surface area contributed by atoms with Crippen LogP contribution >= 0.6 is 10.7 Å². The largest absolute Gasteiger partial charge is 0.478 e. The van der Waals surface area contributed by atoms with E-state index < -0.39 is 21.4 Å². The zero-order valence-corrected chi connectivity index (χ0v) is 19.5. The first-order chi connectivity index (χ1) is 14.4. The van der Waals surface area contributed by atoms with Crippen LogP contribution in [0.15, 0.2) is 53.4 Å². The lowest BCUT2D eigenvalue weighted by molar-refractivity contribution is -0.133. The van der Waals surface area contributed by atoms with Gasteiger partial charge in [0.05, 0.1) is 16.0 Å². The van der Waals surface area contributed by atoms with E-state index in [9.17, 15) is 9.90 Å². The van der Waals surface area contributed by atoms with Gasteiger partial charge in [0.1, 0.15) is 11.5 Å². The fraction of sp³-hybridized carbons (Fsp3) is 0.500. The Morgan fingerprint density at radius 1 is 1.23 bits per heavy atom. The van der Waals surface area contributed by atoms with E-state index in [4.69, 9.17) is 9.88 Å². The quantitative estimate of drug-likeness (QED) is 0.463. The van der Waals surface area contributed by atoms with E-state index in [0.29, 0.717) is 12.0 Å². The number of hydrogen-bond donors (Lipinski definition) is 2. The van der Waals surface area contributed by atoms with E-state index in [0.717, 1.165) is 56.0 Å². The van der Waals surface area contributed by atoms with E-state index in [1.165, 1.54) is 0 Å². The van der Waals surface area contributed by atoms with Gasteiger partial charge in [-0.25, -0.2) is 4.79 Å². The summed E-state index contributed by atoms with van der Waals surface area (Å²) in [5.74, 6) is 0.586. The molecular weight excluding hydrogens is 396 g/mol. The van der Waals surface area contributed by atoms with Gasteiger partial charge >= 0.3 is 5.97 Å². The molecule has 2 atom stereocenters. The maximum atomic E-state index is 12.3. The first-order valence-electron chi connectivity index (χ1n) is 10.8. The summed E-state index contributed by atoms with van der Waals surface area (Å²) in [4.78, 5) is 14.5. The minimum absolute atomic E-state index is 0.342. The zero-order valence-electron chi connectivity index (χ0n) is 18.7. The number of nitrogens with zero attached hydrogens (tertiary/aromatic N) is 1. The van der Waals surface area contributed by atoms with Gasteiger partial charge in [0.15, 0.2) is 0 Å². The summed E-state index contributed by atoms with van der Waals surface area (Å²) in [6.07, 6.45) is 6.43. The summed E-state index contributed by atoms with van der Waals surface area (Å²) in [6, 6.07) is 9.62. The third-order valence-corrected chi connectivity index (χ3v) is 7.41. The molecule has 2 rings (SSSR count). The Morgan fingerprint density at radius 3 is 2.33 bits per heavy atom. The lowest BCUT2D eigenvalue weighted by Gasteiger charge is -2.39. The summed E-state index contributed by atoms with van der Waals surface area (Å²) >= 11 is 0. The molecule has 0 radical (unpaired) electrons. The van der Waals surface area contributed by atoms with Crippen LogP contribution < -0.4 is 9.88 Å². The highest BCUT2D eigenvalue weighted by Gasteiger charge is 2.41. The van der Waals surface area contributed by atoms with Crippen molar-refractivity contribution in [3.05, 3.63) is 53.4 Å².